The molecule has 2 aromatic carbocycles. The van der Waals surface area contributed by atoms with Crippen molar-refractivity contribution in [2.75, 3.05) is 12.4 Å². The van der Waals surface area contributed by atoms with E-state index >= 15 is 0 Å². The molecule has 0 unspecified atom stereocenters. The number of pyridine rings is 1. The van der Waals surface area contributed by atoms with Gasteiger partial charge in [-0.3, -0.25) is 10.1 Å². The average molecular weight is 421 g/mol. The number of amides is 1. The lowest BCUT2D eigenvalue weighted by molar-refractivity contribution is 0.101. The van der Waals surface area contributed by atoms with Gasteiger partial charge in [-0.05, 0) is 37.6 Å². The molecule has 2 heterocycles. The van der Waals surface area contributed by atoms with Crippen molar-refractivity contribution in [2.45, 2.75) is 13.8 Å². The number of fused-ring (bicyclic) bond motifs is 1. The number of aryl methyl sites for hydroxylation is 2. The standard InChI is InChI=1S/C22H19N3O4S/c1-12-6-4-5-7-15(12)29-16-9-8-14-20(13(16)2)30-22(24-14)25-21(27)18-19(26)17(28-3)10-11-23-18/h4-11,26H,1-3H3,(H,24,25,27). The molecule has 4 rings (SSSR count). The lowest BCUT2D eigenvalue weighted by Crippen LogP contribution is -2.13. The summed E-state index contributed by atoms with van der Waals surface area (Å²) in [5, 5.41) is 13.2. The minimum absolute atomic E-state index is 0.131. The van der Waals surface area contributed by atoms with Crippen LogP contribution in [0.3, 0.4) is 0 Å². The van der Waals surface area contributed by atoms with Crippen LogP contribution in [0.25, 0.3) is 10.2 Å². The van der Waals surface area contributed by atoms with E-state index in [1.54, 1.807) is 0 Å². The van der Waals surface area contributed by atoms with Crippen molar-refractivity contribution in [3.63, 3.8) is 0 Å². The van der Waals surface area contributed by atoms with Gasteiger partial charge in [-0.1, -0.05) is 29.5 Å². The maximum atomic E-state index is 12.6. The van der Waals surface area contributed by atoms with Crippen LogP contribution in [0.4, 0.5) is 5.13 Å². The third-order valence-electron chi connectivity index (χ3n) is 4.61. The van der Waals surface area contributed by atoms with E-state index in [9.17, 15) is 9.90 Å². The Morgan fingerprint density at radius 3 is 2.63 bits per heavy atom. The highest BCUT2D eigenvalue weighted by Crippen LogP contribution is 2.37. The summed E-state index contributed by atoms with van der Waals surface area (Å²) >= 11 is 1.33. The number of methoxy groups -OCH3 is 1. The molecule has 0 fully saturated rings. The van der Waals surface area contributed by atoms with Gasteiger partial charge in [-0.25, -0.2) is 9.97 Å². The van der Waals surface area contributed by atoms with Crippen LogP contribution in [-0.4, -0.2) is 28.1 Å². The van der Waals surface area contributed by atoms with E-state index in [0.29, 0.717) is 5.13 Å². The van der Waals surface area contributed by atoms with E-state index in [-0.39, 0.29) is 17.2 Å². The smallest absolute Gasteiger partial charge is 0.280 e. The van der Waals surface area contributed by atoms with Crippen molar-refractivity contribution < 1.29 is 19.4 Å². The highest BCUT2D eigenvalue weighted by molar-refractivity contribution is 7.22. The van der Waals surface area contributed by atoms with Gasteiger partial charge in [-0.15, -0.1) is 0 Å². The summed E-state index contributed by atoms with van der Waals surface area (Å²) in [6, 6.07) is 13.0. The summed E-state index contributed by atoms with van der Waals surface area (Å²) in [5.41, 5.74) is 2.58. The molecule has 0 radical (unpaired) electrons. The van der Waals surface area contributed by atoms with Crippen LogP contribution in [0.15, 0.2) is 48.7 Å². The fraction of sp³-hybridized carbons (Fsp3) is 0.136. The van der Waals surface area contributed by atoms with Crippen LogP contribution in [0.1, 0.15) is 21.6 Å². The lowest BCUT2D eigenvalue weighted by Gasteiger charge is -2.10. The topological polar surface area (TPSA) is 93.6 Å². The fourth-order valence-corrected chi connectivity index (χ4v) is 3.93. The van der Waals surface area contributed by atoms with Crippen LogP contribution in [0, 0.1) is 13.8 Å². The molecule has 0 bridgehead atoms. The van der Waals surface area contributed by atoms with Gasteiger partial charge in [0.1, 0.15) is 11.5 Å². The van der Waals surface area contributed by atoms with Gasteiger partial charge in [0.2, 0.25) is 0 Å². The third-order valence-corrected chi connectivity index (χ3v) is 5.72. The SMILES string of the molecule is COc1ccnc(C(=O)Nc2nc3ccc(Oc4ccccc4C)c(C)c3s2)c1O. The molecule has 7 nitrogen and oxygen atoms in total. The number of ether oxygens (including phenoxy) is 2. The Hall–Kier alpha value is -3.65. The van der Waals surface area contributed by atoms with E-state index in [1.807, 2.05) is 50.2 Å². The number of aromatic hydroxyl groups is 1. The Bertz CT molecular complexity index is 1250. The second kappa shape index (κ2) is 8.00. The predicted octanol–water partition coefficient (Wildman–Crippen LogP) is 5.07. The molecule has 8 heteroatoms. The van der Waals surface area contributed by atoms with Crippen molar-refractivity contribution in [3.8, 4) is 23.0 Å². The molecule has 1 amide bonds. The molecule has 0 spiro atoms. The van der Waals surface area contributed by atoms with Crippen molar-refractivity contribution in [1.29, 1.82) is 0 Å². The third kappa shape index (κ3) is 3.65. The van der Waals surface area contributed by atoms with Crippen molar-refractivity contribution >= 4 is 32.6 Å². The zero-order valence-electron chi connectivity index (χ0n) is 16.6. The summed E-state index contributed by atoms with van der Waals surface area (Å²) in [4.78, 5) is 21.0. The highest BCUT2D eigenvalue weighted by atomic mass is 32.1. The van der Waals surface area contributed by atoms with Crippen LogP contribution in [0.5, 0.6) is 23.0 Å². The van der Waals surface area contributed by atoms with Gasteiger partial charge in [0.05, 0.1) is 17.3 Å². The summed E-state index contributed by atoms with van der Waals surface area (Å²) in [7, 11) is 1.41. The maximum absolute atomic E-state index is 12.6. The minimum atomic E-state index is -0.570. The average Bonchev–Trinajstić information content (AvgIpc) is 3.15. The number of thiazole rings is 1. The van der Waals surface area contributed by atoms with Gasteiger partial charge in [0.25, 0.3) is 5.91 Å². The number of hydrogen-bond acceptors (Lipinski definition) is 7. The molecule has 0 saturated carbocycles. The first-order valence-electron chi connectivity index (χ1n) is 9.15. The minimum Gasteiger partial charge on any atom is -0.503 e. The molecule has 30 heavy (non-hydrogen) atoms. The number of carbonyl (C=O) groups excluding carboxylic acids is 1. The summed E-state index contributed by atoms with van der Waals surface area (Å²) < 4.78 is 12.0. The molecule has 152 valence electrons. The van der Waals surface area contributed by atoms with Gasteiger partial charge in [-0.2, -0.15) is 0 Å². The zero-order chi connectivity index (χ0) is 21.3. The number of aromatic nitrogens is 2. The second-order valence-electron chi connectivity index (χ2n) is 6.59. The van der Waals surface area contributed by atoms with Crippen LogP contribution >= 0.6 is 11.3 Å². The summed E-state index contributed by atoms with van der Waals surface area (Å²) in [5.74, 6) is 0.805. The molecule has 0 aliphatic rings. The summed E-state index contributed by atoms with van der Waals surface area (Å²) in [6.45, 7) is 3.95. The van der Waals surface area contributed by atoms with E-state index in [2.05, 4.69) is 15.3 Å². The van der Waals surface area contributed by atoms with Gasteiger partial charge < -0.3 is 14.6 Å². The molecule has 0 aliphatic carbocycles. The Morgan fingerprint density at radius 1 is 1.07 bits per heavy atom. The summed E-state index contributed by atoms with van der Waals surface area (Å²) in [6.07, 6.45) is 1.39. The number of carbonyl (C=O) groups is 1. The van der Waals surface area contributed by atoms with Crippen molar-refractivity contribution in [2.24, 2.45) is 0 Å². The number of anilines is 1. The largest absolute Gasteiger partial charge is 0.503 e. The van der Waals surface area contributed by atoms with E-state index < -0.39 is 5.91 Å². The van der Waals surface area contributed by atoms with Gasteiger partial charge in [0.15, 0.2) is 22.3 Å². The van der Waals surface area contributed by atoms with Gasteiger partial charge >= 0.3 is 0 Å². The Kier molecular flexibility index (Phi) is 5.24. The Labute approximate surface area is 176 Å². The zero-order valence-corrected chi connectivity index (χ0v) is 17.4. The highest BCUT2D eigenvalue weighted by Gasteiger charge is 2.19. The molecule has 2 N–H and O–H groups in total. The number of para-hydroxylation sites is 1. The number of nitrogens with zero attached hydrogens (tertiary/aromatic N) is 2. The van der Waals surface area contributed by atoms with Gasteiger partial charge in [0, 0.05) is 17.8 Å². The van der Waals surface area contributed by atoms with E-state index in [0.717, 1.165) is 32.8 Å². The first-order valence-corrected chi connectivity index (χ1v) is 9.96. The van der Waals surface area contributed by atoms with Crippen LogP contribution < -0.4 is 14.8 Å². The molecular weight excluding hydrogens is 402 g/mol. The monoisotopic (exact) mass is 421 g/mol. The van der Waals surface area contributed by atoms with Crippen molar-refractivity contribution in [1.82, 2.24) is 9.97 Å². The number of nitrogens with one attached hydrogen (secondary N) is 1. The number of benzene rings is 2. The maximum Gasteiger partial charge on any atom is 0.280 e. The van der Waals surface area contributed by atoms with Crippen LogP contribution in [0.2, 0.25) is 0 Å². The Balaban J connectivity index is 1.62. The van der Waals surface area contributed by atoms with Crippen molar-refractivity contribution in [3.05, 3.63) is 65.5 Å². The lowest BCUT2D eigenvalue weighted by atomic mass is 10.2. The Morgan fingerprint density at radius 2 is 1.87 bits per heavy atom. The number of hydrogen-bond donors (Lipinski definition) is 2. The fourth-order valence-electron chi connectivity index (χ4n) is 2.98. The first kappa shape index (κ1) is 19.7. The van der Waals surface area contributed by atoms with Crippen LogP contribution in [-0.2, 0) is 0 Å². The molecule has 0 aliphatic heterocycles. The number of rotatable bonds is 5. The molecule has 0 atom stereocenters. The predicted molar refractivity (Wildman–Crippen MR) is 116 cm³/mol. The molecule has 0 saturated heterocycles. The normalized spacial score (nSPS) is 10.8. The molecule has 4 aromatic rings. The molecule has 2 aromatic heterocycles. The molecular formula is C22H19N3O4S. The van der Waals surface area contributed by atoms with E-state index in [4.69, 9.17) is 9.47 Å². The second-order valence-corrected chi connectivity index (χ2v) is 7.59. The first-order chi connectivity index (χ1) is 14.5. The quantitative estimate of drug-likeness (QED) is 0.467. The van der Waals surface area contributed by atoms with E-state index in [1.165, 1.54) is 30.7 Å².